The number of hydrogen-bond donors (Lipinski definition) is 10. The maximum absolute atomic E-state index is 10.5. The van der Waals surface area contributed by atoms with Gasteiger partial charge in [0.1, 0.15) is 43.2 Å². The molecule has 0 bridgehead atoms. The van der Waals surface area contributed by atoms with Crippen molar-refractivity contribution in [3.05, 3.63) is 0 Å². The second-order valence-corrected chi connectivity index (χ2v) is 5.09. The zero-order valence-corrected chi connectivity index (χ0v) is 12.6. The number of carbonyl (C=O) groups is 1. The van der Waals surface area contributed by atoms with Gasteiger partial charge in [-0.2, -0.15) is 0 Å². The average molecular weight is 360 g/mol. The summed E-state index contributed by atoms with van der Waals surface area (Å²) in [6, 6.07) is 0. The summed E-state index contributed by atoms with van der Waals surface area (Å²) < 4.78 is 4.63. The Morgan fingerprint density at radius 3 is 1.92 bits per heavy atom. The fraction of sp³-hybridized carbons (Fsp3) is 0.917. The summed E-state index contributed by atoms with van der Waals surface area (Å²) in [5, 5.41) is 87.7. The van der Waals surface area contributed by atoms with E-state index in [0.717, 1.165) is 0 Å². The third kappa shape index (κ3) is 5.65. The molecule has 0 aromatic heterocycles. The molecule has 0 unspecified atom stereocenters. The molecule has 7 atom stereocenters. The zero-order valence-electron chi connectivity index (χ0n) is 12.6. The Labute approximate surface area is 136 Å². The van der Waals surface area contributed by atoms with E-state index < -0.39 is 74.6 Å². The van der Waals surface area contributed by atoms with Gasteiger partial charge < -0.3 is 55.8 Å². The maximum atomic E-state index is 10.5. The third-order valence-corrected chi connectivity index (χ3v) is 3.32. The van der Waals surface area contributed by atoms with Crippen LogP contribution in [0.4, 0.5) is 0 Å². The first-order chi connectivity index (χ1) is 11.1. The normalized spacial score (nSPS) is 33.3. The molecule has 0 aromatic rings. The van der Waals surface area contributed by atoms with Crippen LogP contribution in [-0.4, -0.2) is 126 Å². The number of Topliss-reactive ketones (excluding diaryl/α,β-unsaturated/α-hetero) is 1. The Hall–Kier alpha value is -0.770. The Balaban J connectivity index is 0.000000441. The molecule has 1 rings (SSSR count). The van der Waals surface area contributed by atoms with E-state index in [1.807, 2.05) is 0 Å². The molecule has 1 saturated heterocycles. The number of ketones is 1. The highest BCUT2D eigenvalue weighted by Gasteiger charge is 2.52. The Morgan fingerprint density at radius 1 is 1.08 bits per heavy atom. The van der Waals surface area contributed by atoms with Crippen molar-refractivity contribution in [2.24, 2.45) is 0 Å². The first kappa shape index (κ1) is 23.2. The lowest BCUT2D eigenvalue weighted by Crippen LogP contribution is -2.46. The van der Waals surface area contributed by atoms with E-state index in [4.69, 9.17) is 46.0 Å². The van der Waals surface area contributed by atoms with Gasteiger partial charge in [-0.05, 0) is 0 Å². The van der Waals surface area contributed by atoms with Crippen molar-refractivity contribution in [3.8, 4) is 0 Å². The number of hydrogen-bond acceptors (Lipinski definition) is 12. The van der Waals surface area contributed by atoms with Gasteiger partial charge >= 0.3 is 0 Å². The molecule has 0 radical (unpaired) electrons. The summed E-state index contributed by atoms with van der Waals surface area (Å²) in [7, 11) is 0. The zero-order chi connectivity index (χ0) is 19.1. The fourth-order valence-electron chi connectivity index (χ4n) is 1.75. The molecule has 144 valence electrons. The van der Waals surface area contributed by atoms with E-state index >= 15 is 0 Å². The van der Waals surface area contributed by atoms with Crippen LogP contribution in [0.1, 0.15) is 0 Å². The molecule has 24 heavy (non-hydrogen) atoms. The van der Waals surface area contributed by atoms with Gasteiger partial charge in [-0.3, -0.25) is 4.79 Å². The van der Waals surface area contributed by atoms with Crippen molar-refractivity contribution in [1.82, 2.24) is 0 Å². The van der Waals surface area contributed by atoms with Crippen LogP contribution in [0.2, 0.25) is 0 Å². The summed E-state index contributed by atoms with van der Waals surface area (Å²) in [5.41, 5.74) is 0. The van der Waals surface area contributed by atoms with Crippen molar-refractivity contribution in [2.45, 2.75) is 42.4 Å². The first-order valence-corrected chi connectivity index (χ1v) is 6.86. The Morgan fingerprint density at radius 2 is 1.62 bits per heavy atom. The highest BCUT2D eigenvalue weighted by molar-refractivity contribution is 5.84. The van der Waals surface area contributed by atoms with E-state index in [-0.39, 0.29) is 0 Å². The lowest BCUT2D eigenvalue weighted by molar-refractivity contribution is -0.248. The number of aliphatic hydroxyl groups is 10. The van der Waals surface area contributed by atoms with Crippen LogP contribution in [0.3, 0.4) is 0 Å². The number of carbonyl (C=O) groups excluding carboxylic acids is 1. The highest BCUT2D eigenvalue weighted by Crippen LogP contribution is 2.28. The smallest absolute Gasteiger partial charge is 0.219 e. The summed E-state index contributed by atoms with van der Waals surface area (Å²) in [6.45, 7) is -3.05. The minimum Gasteiger partial charge on any atom is -0.394 e. The van der Waals surface area contributed by atoms with E-state index in [1.165, 1.54) is 0 Å². The fourth-order valence-corrected chi connectivity index (χ4v) is 1.75. The second kappa shape index (κ2) is 10.3. The van der Waals surface area contributed by atoms with Crippen molar-refractivity contribution >= 4 is 5.78 Å². The molecule has 10 N–H and O–H groups in total. The molecule has 12 heteroatoms. The molecular formula is C12H24O12. The van der Waals surface area contributed by atoms with Crippen LogP contribution in [0.15, 0.2) is 0 Å². The molecule has 0 amide bonds. The van der Waals surface area contributed by atoms with E-state index in [2.05, 4.69) is 4.74 Å². The summed E-state index contributed by atoms with van der Waals surface area (Å²) >= 11 is 0. The Kier molecular flexibility index (Phi) is 9.94. The molecule has 1 aliphatic rings. The SMILES string of the molecule is O=C(CO)[C@H](O)[C@H](O)[C@H](O)CO.OC[C@H]1O[C@](O)(CO)[C@@H](O)[C@@H]1O. The van der Waals surface area contributed by atoms with E-state index in [1.54, 1.807) is 0 Å². The molecule has 12 nitrogen and oxygen atoms in total. The minimum absolute atomic E-state index is 0.527. The van der Waals surface area contributed by atoms with Gasteiger partial charge in [-0.15, -0.1) is 0 Å². The van der Waals surface area contributed by atoms with Gasteiger partial charge in [0.2, 0.25) is 5.79 Å². The first-order valence-electron chi connectivity index (χ1n) is 6.86. The number of ether oxygens (including phenoxy) is 1. The molecule has 1 heterocycles. The van der Waals surface area contributed by atoms with Gasteiger partial charge in [0.05, 0.1) is 19.8 Å². The molecule has 1 aliphatic heterocycles. The lowest BCUT2D eigenvalue weighted by atomic mass is 10.1. The molecule has 0 aliphatic carbocycles. The van der Waals surface area contributed by atoms with Gasteiger partial charge in [-0.1, -0.05) is 0 Å². The van der Waals surface area contributed by atoms with Gasteiger partial charge in [0.25, 0.3) is 0 Å². The minimum atomic E-state index is -2.16. The van der Waals surface area contributed by atoms with Crippen molar-refractivity contribution in [3.63, 3.8) is 0 Å². The van der Waals surface area contributed by atoms with Crippen LogP contribution in [0.25, 0.3) is 0 Å². The maximum Gasteiger partial charge on any atom is 0.219 e. The van der Waals surface area contributed by atoms with E-state index in [9.17, 15) is 9.90 Å². The highest BCUT2D eigenvalue weighted by atomic mass is 16.7. The lowest BCUT2D eigenvalue weighted by Gasteiger charge is -2.22. The van der Waals surface area contributed by atoms with Crippen LogP contribution in [0, 0.1) is 0 Å². The van der Waals surface area contributed by atoms with E-state index in [0.29, 0.717) is 0 Å². The number of aliphatic hydroxyl groups excluding tert-OH is 9. The van der Waals surface area contributed by atoms with Crippen LogP contribution in [0.5, 0.6) is 0 Å². The van der Waals surface area contributed by atoms with Gasteiger partial charge in [-0.25, -0.2) is 0 Å². The monoisotopic (exact) mass is 360 g/mol. The topological polar surface area (TPSA) is 229 Å². The Bertz CT molecular complexity index is 379. The van der Waals surface area contributed by atoms with Crippen LogP contribution in [-0.2, 0) is 9.53 Å². The van der Waals surface area contributed by atoms with Crippen molar-refractivity contribution in [2.75, 3.05) is 26.4 Å². The molecule has 0 aromatic carbocycles. The summed E-state index contributed by atoms with van der Waals surface area (Å²) in [5.74, 6) is -3.16. The average Bonchev–Trinajstić information content (AvgIpc) is 2.83. The summed E-state index contributed by atoms with van der Waals surface area (Å²) in [6.07, 6.45) is -9.26. The second-order valence-electron chi connectivity index (χ2n) is 5.09. The molecule has 0 saturated carbocycles. The predicted octanol–water partition coefficient (Wildman–Crippen LogP) is -6.60. The molecular weight excluding hydrogens is 336 g/mol. The van der Waals surface area contributed by atoms with Crippen molar-refractivity contribution < 1.29 is 60.6 Å². The van der Waals surface area contributed by atoms with Gasteiger partial charge in [0, 0.05) is 0 Å². The standard InChI is InChI=1S/2C6H12O6/c7-1-3-4(9)5(10)6(11,2-8)12-3;7-1-3(9)5(11)6(12)4(10)2-8/h3-5,7-11H,1-2H2;3,5-9,11-12H,1-2H2/t3-,4-,5+,6-;3-,5-,6+/m11/s1. The molecule has 0 spiro atoms. The summed E-state index contributed by atoms with van der Waals surface area (Å²) in [4.78, 5) is 10.5. The molecule has 1 fully saturated rings. The van der Waals surface area contributed by atoms with Gasteiger partial charge in [0.15, 0.2) is 5.78 Å². The van der Waals surface area contributed by atoms with Crippen LogP contribution < -0.4 is 0 Å². The van der Waals surface area contributed by atoms with Crippen molar-refractivity contribution in [1.29, 1.82) is 0 Å². The quantitative estimate of drug-likeness (QED) is 0.204. The number of rotatable bonds is 7. The third-order valence-electron chi connectivity index (χ3n) is 3.32. The van der Waals surface area contributed by atoms with Crippen LogP contribution >= 0.6 is 0 Å². The predicted molar refractivity (Wildman–Crippen MR) is 73.2 cm³/mol. The largest absolute Gasteiger partial charge is 0.394 e.